The van der Waals surface area contributed by atoms with Crippen molar-refractivity contribution in [1.29, 1.82) is 5.26 Å². The van der Waals surface area contributed by atoms with Crippen LogP contribution >= 0.6 is 0 Å². The average Bonchev–Trinajstić information content (AvgIpc) is 2.31. The Kier molecular flexibility index (Phi) is 2.23. The fourth-order valence-electron chi connectivity index (χ4n) is 1.19. The predicted octanol–water partition coefficient (Wildman–Crippen LogP) is 2.47. The zero-order valence-electron chi connectivity index (χ0n) is 7.81. The largest absolute Gasteiger partial charge is 0.364 e. The van der Waals surface area contributed by atoms with E-state index in [2.05, 4.69) is 31.8 Å². The molecule has 0 radical (unpaired) electrons. The van der Waals surface area contributed by atoms with Crippen molar-refractivity contribution in [2.75, 3.05) is 0 Å². The summed E-state index contributed by atoms with van der Waals surface area (Å²) in [5.74, 6) is 0. The van der Waals surface area contributed by atoms with Gasteiger partial charge in [-0.2, -0.15) is 5.26 Å². The summed E-state index contributed by atoms with van der Waals surface area (Å²) < 4.78 is 0. The fourth-order valence-corrected chi connectivity index (χ4v) is 1.19. The highest BCUT2D eigenvalue weighted by Crippen LogP contribution is 2.21. The van der Waals surface area contributed by atoms with Crippen molar-refractivity contribution in [3.05, 3.63) is 23.5 Å². The highest BCUT2D eigenvalue weighted by atomic mass is 14.7. The van der Waals surface area contributed by atoms with E-state index in [0.717, 1.165) is 17.7 Å². The molecule has 0 spiro atoms. The molecule has 1 rings (SSSR count). The standard InChI is InChI=1S/C10H14N2/c1-10(2,3)6-9-8(7-11)4-5-12-9/h4-5,12H,6H2,1-3H3. The molecule has 64 valence electrons. The first-order chi connectivity index (χ1) is 5.53. The molecule has 0 atom stereocenters. The van der Waals surface area contributed by atoms with Gasteiger partial charge in [0.05, 0.1) is 5.56 Å². The van der Waals surface area contributed by atoms with Crippen LogP contribution in [0.4, 0.5) is 0 Å². The van der Waals surface area contributed by atoms with Gasteiger partial charge >= 0.3 is 0 Å². The van der Waals surface area contributed by atoms with Crippen molar-refractivity contribution in [1.82, 2.24) is 4.98 Å². The minimum atomic E-state index is 0.233. The quantitative estimate of drug-likeness (QED) is 0.677. The third-order valence-corrected chi connectivity index (χ3v) is 1.66. The van der Waals surface area contributed by atoms with Crippen molar-refractivity contribution >= 4 is 0 Å². The molecule has 1 aromatic rings. The molecule has 0 saturated heterocycles. The number of aromatic nitrogens is 1. The number of hydrogen-bond acceptors (Lipinski definition) is 1. The summed E-state index contributed by atoms with van der Waals surface area (Å²) in [7, 11) is 0. The lowest BCUT2D eigenvalue weighted by molar-refractivity contribution is 0.407. The first-order valence-electron chi connectivity index (χ1n) is 4.09. The van der Waals surface area contributed by atoms with E-state index < -0.39 is 0 Å². The molecular formula is C10H14N2. The van der Waals surface area contributed by atoms with E-state index >= 15 is 0 Å². The van der Waals surface area contributed by atoms with Gasteiger partial charge in [-0.25, -0.2) is 0 Å². The lowest BCUT2D eigenvalue weighted by Gasteiger charge is -2.16. The Morgan fingerprint density at radius 1 is 1.50 bits per heavy atom. The van der Waals surface area contributed by atoms with Gasteiger partial charge in [0.25, 0.3) is 0 Å². The monoisotopic (exact) mass is 162 g/mol. The normalized spacial score (nSPS) is 11.2. The van der Waals surface area contributed by atoms with Crippen LogP contribution in [-0.2, 0) is 6.42 Å². The van der Waals surface area contributed by atoms with Crippen LogP contribution in [0, 0.1) is 16.7 Å². The lowest BCUT2D eigenvalue weighted by atomic mass is 9.89. The number of rotatable bonds is 1. The van der Waals surface area contributed by atoms with Gasteiger partial charge in [0.15, 0.2) is 0 Å². The van der Waals surface area contributed by atoms with Crippen LogP contribution in [0.1, 0.15) is 32.0 Å². The van der Waals surface area contributed by atoms with E-state index in [1.54, 1.807) is 0 Å². The molecule has 0 aliphatic carbocycles. The smallest absolute Gasteiger partial charge is 0.101 e. The van der Waals surface area contributed by atoms with E-state index in [0.29, 0.717) is 0 Å². The summed E-state index contributed by atoms with van der Waals surface area (Å²) >= 11 is 0. The zero-order valence-corrected chi connectivity index (χ0v) is 7.81. The summed E-state index contributed by atoms with van der Waals surface area (Å²) in [5.41, 5.74) is 2.05. The number of nitriles is 1. The SMILES string of the molecule is CC(C)(C)Cc1[nH]ccc1C#N. The zero-order chi connectivity index (χ0) is 9.19. The van der Waals surface area contributed by atoms with Gasteiger partial charge in [0, 0.05) is 11.9 Å². The summed E-state index contributed by atoms with van der Waals surface area (Å²) in [6.45, 7) is 6.49. The highest BCUT2D eigenvalue weighted by molar-refractivity contribution is 5.33. The summed E-state index contributed by atoms with van der Waals surface area (Å²) in [6, 6.07) is 3.99. The third-order valence-electron chi connectivity index (χ3n) is 1.66. The van der Waals surface area contributed by atoms with Crippen molar-refractivity contribution in [3.8, 4) is 6.07 Å². The van der Waals surface area contributed by atoms with Crippen LogP contribution in [0.25, 0.3) is 0 Å². The maximum Gasteiger partial charge on any atom is 0.101 e. The van der Waals surface area contributed by atoms with Crippen LogP contribution in [0.5, 0.6) is 0 Å². The minimum absolute atomic E-state index is 0.233. The molecule has 0 aliphatic heterocycles. The Labute approximate surface area is 73.2 Å². The van der Waals surface area contributed by atoms with Gasteiger partial charge in [-0.1, -0.05) is 20.8 Å². The number of nitrogens with one attached hydrogen (secondary N) is 1. The van der Waals surface area contributed by atoms with E-state index in [-0.39, 0.29) is 5.41 Å². The van der Waals surface area contributed by atoms with Gasteiger partial charge in [-0.3, -0.25) is 0 Å². The van der Waals surface area contributed by atoms with E-state index in [4.69, 9.17) is 5.26 Å². The van der Waals surface area contributed by atoms with E-state index in [1.165, 1.54) is 0 Å². The first kappa shape index (κ1) is 8.86. The van der Waals surface area contributed by atoms with Crippen molar-refractivity contribution in [3.63, 3.8) is 0 Å². The lowest BCUT2D eigenvalue weighted by Crippen LogP contribution is -2.10. The summed E-state index contributed by atoms with van der Waals surface area (Å²) in [5, 5.41) is 8.73. The maximum absolute atomic E-state index is 8.73. The van der Waals surface area contributed by atoms with Crippen LogP contribution in [0.2, 0.25) is 0 Å². The van der Waals surface area contributed by atoms with Crippen molar-refractivity contribution < 1.29 is 0 Å². The second-order valence-corrected chi connectivity index (χ2v) is 4.22. The molecule has 0 bridgehead atoms. The predicted molar refractivity (Wildman–Crippen MR) is 48.7 cm³/mol. The van der Waals surface area contributed by atoms with Gasteiger partial charge in [0.1, 0.15) is 6.07 Å². The second kappa shape index (κ2) is 3.02. The Hall–Kier alpha value is -1.23. The van der Waals surface area contributed by atoms with Gasteiger partial charge in [-0.05, 0) is 17.9 Å². The van der Waals surface area contributed by atoms with Gasteiger partial charge in [-0.15, -0.1) is 0 Å². The van der Waals surface area contributed by atoms with E-state index in [1.807, 2.05) is 12.3 Å². The molecule has 2 heteroatoms. The molecule has 0 aliphatic rings. The molecule has 0 unspecified atom stereocenters. The molecule has 2 nitrogen and oxygen atoms in total. The summed E-state index contributed by atoms with van der Waals surface area (Å²) in [6.07, 6.45) is 2.74. The molecular weight excluding hydrogens is 148 g/mol. The third kappa shape index (κ3) is 2.13. The highest BCUT2D eigenvalue weighted by Gasteiger charge is 2.14. The topological polar surface area (TPSA) is 39.6 Å². The Morgan fingerprint density at radius 2 is 2.17 bits per heavy atom. The Balaban J connectivity index is 2.84. The number of nitrogens with zero attached hydrogens (tertiary/aromatic N) is 1. The molecule has 1 aromatic heterocycles. The average molecular weight is 162 g/mol. The van der Waals surface area contributed by atoms with Crippen LogP contribution < -0.4 is 0 Å². The molecule has 1 heterocycles. The van der Waals surface area contributed by atoms with Crippen LogP contribution in [0.15, 0.2) is 12.3 Å². The van der Waals surface area contributed by atoms with Gasteiger partial charge in [0.2, 0.25) is 0 Å². The number of hydrogen-bond donors (Lipinski definition) is 1. The molecule has 0 saturated carbocycles. The number of H-pyrrole nitrogens is 1. The second-order valence-electron chi connectivity index (χ2n) is 4.22. The van der Waals surface area contributed by atoms with Crippen molar-refractivity contribution in [2.45, 2.75) is 27.2 Å². The Bertz CT molecular complexity index is 296. The summed E-state index contributed by atoms with van der Waals surface area (Å²) in [4.78, 5) is 3.09. The van der Waals surface area contributed by atoms with Gasteiger partial charge < -0.3 is 4.98 Å². The van der Waals surface area contributed by atoms with Crippen LogP contribution in [0.3, 0.4) is 0 Å². The molecule has 0 aromatic carbocycles. The minimum Gasteiger partial charge on any atom is -0.364 e. The Morgan fingerprint density at radius 3 is 2.67 bits per heavy atom. The molecule has 1 N–H and O–H groups in total. The fraction of sp³-hybridized carbons (Fsp3) is 0.500. The first-order valence-corrected chi connectivity index (χ1v) is 4.09. The van der Waals surface area contributed by atoms with Crippen LogP contribution in [-0.4, -0.2) is 4.98 Å². The molecule has 0 amide bonds. The molecule has 12 heavy (non-hydrogen) atoms. The maximum atomic E-state index is 8.73. The molecule has 0 fully saturated rings. The van der Waals surface area contributed by atoms with E-state index in [9.17, 15) is 0 Å². The number of aromatic amines is 1. The van der Waals surface area contributed by atoms with Crippen molar-refractivity contribution in [2.24, 2.45) is 5.41 Å².